The highest BCUT2D eigenvalue weighted by atomic mass is 16.2. The molecule has 0 radical (unpaired) electrons. The number of carbonyl (C=O) groups excluding carboxylic acids is 1. The summed E-state index contributed by atoms with van der Waals surface area (Å²) in [6.45, 7) is 1.78. The first-order valence-corrected chi connectivity index (χ1v) is 8.01. The number of H-pyrrole nitrogens is 1. The Morgan fingerprint density at radius 3 is 3.04 bits per heavy atom. The minimum atomic E-state index is 0.0906. The van der Waals surface area contributed by atoms with E-state index < -0.39 is 0 Å². The molecule has 24 heavy (non-hydrogen) atoms. The van der Waals surface area contributed by atoms with Crippen LogP contribution in [0.3, 0.4) is 0 Å². The number of aromatic nitrogens is 3. The second kappa shape index (κ2) is 7.13. The Hall–Kier alpha value is -2.88. The number of aromatic amines is 1. The lowest BCUT2D eigenvalue weighted by molar-refractivity contribution is -0.130. The van der Waals surface area contributed by atoms with Gasteiger partial charge in [0, 0.05) is 44.1 Å². The fourth-order valence-corrected chi connectivity index (χ4v) is 3.01. The number of anilines is 1. The van der Waals surface area contributed by atoms with Crippen LogP contribution in [0.1, 0.15) is 30.0 Å². The van der Waals surface area contributed by atoms with Crippen molar-refractivity contribution in [3.8, 4) is 6.07 Å². The van der Waals surface area contributed by atoms with E-state index in [0.717, 1.165) is 31.6 Å². The first-order chi connectivity index (χ1) is 11.7. The topological polar surface area (TPSA) is 88.9 Å². The third-order valence-electron chi connectivity index (χ3n) is 4.38. The average molecular weight is 324 g/mol. The molecule has 2 aromatic rings. The van der Waals surface area contributed by atoms with E-state index >= 15 is 0 Å². The molecule has 7 nitrogen and oxygen atoms in total. The second-order valence-corrected chi connectivity index (χ2v) is 6.06. The largest absolute Gasteiger partial charge is 0.350 e. The predicted octanol–water partition coefficient (Wildman–Crippen LogP) is 1.52. The minimum Gasteiger partial charge on any atom is -0.350 e. The summed E-state index contributed by atoms with van der Waals surface area (Å²) < 4.78 is 0. The molecule has 7 heteroatoms. The SMILES string of the molecule is CN(CC(=O)N1CCC[C@@H](c2ccn[nH]2)C1)c1ccc(C#N)cn1. The van der Waals surface area contributed by atoms with E-state index in [4.69, 9.17) is 5.26 Å². The van der Waals surface area contributed by atoms with Crippen LogP contribution in [0.15, 0.2) is 30.6 Å². The van der Waals surface area contributed by atoms with Gasteiger partial charge in [0.1, 0.15) is 11.9 Å². The number of piperidine rings is 1. The van der Waals surface area contributed by atoms with Gasteiger partial charge in [-0.25, -0.2) is 4.98 Å². The lowest BCUT2D eigenvalue weighted by Gasteiger charge is -2.33. The van der Waals surface area contributed by atoms with Gasteiger partial charge in [0.2, 0.25) is 5.91 Å². The Morgan fingerprint density at radius 2 is 2.38 bits per heavy atom. The van der Waals surface area contributed by atoms with Crippen LogP contribution in [0.4, 0.5) is 5.82 Å². The lowest BCUT2D eigenvalue weighted by Crippen LogP contribution is -2.44. The van der Waals surface area contributed by atoms with Gasteiger partial charge >= 0.3 is 0 Å². The number of pyridine rings is 1. The van der Waals surface area contributed by atoms with Gasteiger partial charge in [-0.15, -0.1) is 0 Å². The van der Waals surface area contributed by atoms with Crippen molar-refractivity contribution >= 4 is 11.7 Å². The maximum Gasteiger partial charge on any atom is 0.242 e. The van der Waals surface area contributed by atoms with Crippen molar-refractivity contribution in [2.75, 3.05) is 31.6 Å². The molecular formula is C17H20N6O. The molecular weight excluding hydrogens is 304 g/mol. The molecule has 1 N–H and O–H groups in total. The van der Waals surface area contributed by atoms with E-state index in [1.807, 2.05) is 29.0 Å². The zero-order valence-corrected chi connectivity index (χ0v) is 13.6. The predicted molar refractivity (Wildman–Crippen MR) is 89.4 cm³/mol. The van der Waals surface area contributed by atoms with Crippen LogP contribution < -0.4 is 4.90 Å². The highest BCUT2D eigenvalue weighted by molar-refractivity contribution is 5.81. The molecule has 1 aliphatic rings. The van der Waals surface area contributed by atoms with Gasteiger partial charge in [0.25, 0.3) is 0 Å². The number of hydrogen-bond donors (Lipinski definition) is 1. The van der Waals surface area contributed by atoms with Crippen LogP contribution in [-0.4, -0.2) is 52.7 Å². The molecule has 0 spiro atoms. The van der Waals surface area contributed by atoms with Crippen LogP contribution in [0.25, 0.3) is 0 Å². The molecule has 0 bridgehead atoms. The van der Waals surface area contributed by atoms with Crippen molar-refractivity contribution in [3.63, 3.8) is 0 Å². The van der Waals surface area contributed by atoms with E-state index in [2.05, 4.69) is 15.2 Å². The van der Waals surface area contributed by atoms with Gasteiger partial charge in [-0.3, -0.25) is 9.89 Å². The number of nitrogens with one attached hydrogen (secondary N) is 1. The summed E-state index contributed by atoms with van der Waals surface area (Å²) >= 11 is 0. The van der Waals surface area contributed by atoms with Crippen LogP contribution in [0.5, 0.6) is 0 Å². The van der Waals surface area contributed by atoms with Gasteiger partial charge in [0.05, 0.1) is 12.1 Å². The van der Waals surface area contributed by atoms with Gasteiger partial charge < -0.3 is 9.80 Å². The number of hydrogen-bond acceptors (Lipinski definition) is 5. The van der Waals surface area contributed by atoms with Crippen molar-refractivity contribution in [2.24, 2.45) is 0 Å². The van der Waals surface area contributed by atoms with Crippen LogP contribution in [0.2, 0.25) is 0 Å². The van der Waals surface area contributed by atoms with Crippen LogP contribution in [-0.2, 0) is 4.79 Å². The molecule has 124 valence electrons. The van der Waals surface area contributed by atoms with E-state index in [-0.39, 0.29) is 12.5 Å². The summed E-state index contributed by atoms with van der Waals surface area (Å²) in [5, 5.41) is 15.8. The number of nitriles is 1. The third-order valence-corrected chi connectivity index (χ3v) is 4.38. The number of rotatable bonds is 4. The van der Waals surface area contributed by atoms with Crippen molar-refractivity contribution in [1.29, 1.82) is 5.26 Å². The molecule has 3 heterocycles. The molecule has 0 aliphatic carbocycles. The van der Waals surface area contributed by atoms with Gasteiger partial charge in [-0.2, -0.15) is 10.4 Å². The summed E-state index contributed by atoms with van der Waals surface area (Å²) in [5.41, 5.74) is 1.60. The standard InChI is InChI=1S/C17H20N6O/c1-22(16-5-4-13(9-18)10-19-16)12-17(24)23-8-2-3-14(11-23)15-6-7-20-21-15/h4-7,10,14H,2-3,8,11-12H2,1H3,(H,20,21)/t14-/m1/s1. The number of likely N-dealkylation sites (N-methyl/N-ethyl adjacent to an activating group) is 1. The van der Waals surface area contributed by atoms with Gasteiger partial charge in [0.15, 0.2) is 0 Å². The fraction of sp³-hybridized carbons (Fsp3) is 0.412. The van der Waals surface area contributed by atoms with E-state index in [9.17, 15) is 4.79 Å². The zero-order valence-electron chi connectivity index (χ0n) is 13.6. The molecule has 1 atom stereocenters. The molecule has 1 saturated heterocycles. The van der Waals surface area contributed by atoms with Crippen molar-refractivity contribution in [3.05, 3.63) is 41.9 Å². The summed E-state index contributed by atoms with van der Waals surface area (Å²) in [6, 6.07) is 7.48. The fourth-order valence-electron chi connectivity index (χ4n) is 3.01. The average Bonchev–Trinajstić information content (AvgIpc) is 3.16. The quantitative estimate of drug-likeness (QED) is 0.921. The van der Waals surface area contributed by atoms with Crippen LogP contribution >= 0.6 is 0 Å². The molecule has 1 fully saturated rings. The molecule has 0 unspecified atom stereocenters. The van der Waals surface area contributed by atoms with E-state index in [0.29, 0.717) is 17.3 Å². The Balaban J connectivity index is 1.60. The molecule has 1 amide bonds. The maximum atomic E-state index is 12.6. The monoisotopic (exact) mass is 324 g/mol. The lowest BCUT2D eigenvalue weighted by atomic mass is 9.95. The molecule has 1 aliphatic heterocycles. The first kappa shape index (κ1) is 16.0. The summed E-state index contributed by atoms with van der Waals surface area (Å²) in [6.07, 6.45) is 5.33. The Bertz CT molecular complexity index is 719. The highest BCUT2D eigenvalue weighted by Gasteiger charge is 2.26. The minimum absolute atomic E-state index is 0.0906. The molecule has 0 saturated carbocycles. The summed E-state index contributed by atoms with van der Waals surface area (Å²) in [7, 11) is 1.84. The van der Waals surface area contributed by atoms with Crippen molar-refractivity contribution < 1.29 is 4.79 Å². The van der Waals surface area contributed by atoms with E-state index in [1.165, 1.54) is 6.20 Å². The maximum absolute atomic E-state index is 12.6. The number of nitrogens with zero attached hydrogens (tertiary/aromatic N) is 5. The smallest absolute Gasteiger partial charge is 0.242 e. The van der Waals surface area contributed by atoms with Gasteiger partial charge in [-0.05, 0) is 31.0 Å². The molecule has 3 rings (SSSR count). The van der Waals surface area contributed by atoms with E-state index in [1.54, 1.807) is 18.3 Å². The Morgan fingerprint density at radius 1 is 1.50 bits per heavy atom. The Labute approximate surface area is 140 Å². The first-order valence-electron chi connectivity index (χ1n) is 8.01. The zero-order chi connectivity index (χ0) is 16.9. The van der Waals surface area contributed by atoms with Crippen molar-refractivity contribution in [2.45, 2.75) is 18.8 Å². The number of amides is 1. The van der Waals surface area contributed by atoms with Crippen LogP contribution in [0, 0.1) is 11.3 Å². The number of carbonyl (C=O) groups is 1. The summed E-state index contributed by atoms with van der Waals surface area (Å²) in [5.74, 6) is 1.10. The number of likely N-dealkylation sites (tertiary alicyclic amines) is 1. The highest BCUT2D eigenvalue weighted by Crippen LogP contribution is 2.25. The second-order valence-electron chi connectivity index (χ2n) is 6.06. The van der Waals surface area contributed by atoms with Crippen molar-refractivity contribution in [1.82, 2.24) is 20.1 Å². The Kier molecular flexibility index (Phi) is 4.75. The summed E-state index contributed by atoms with van der Waals surface area (Å²) in [4.78, 5) is 20.5. The normalized spacial score (nSPS) is 17.3. The molecule has 2 aromatic heterocycles. The molecule has 0 aromatic carbocycles. The third kappa shape index (κ3) is 3.54. The van der Waals surface area contributed by atoms with Gasteiger partial charge in [-0.1, -0.05) is 0 Å².